The van der Waals surface area contributed by atoms with Crippen molar-refractivity contribution in [3.63, 3.8) is 0 Å². The quantitative estimate of drug-likeness (QED) is 0.0740. The van der Waals surface area contributed by atoms with Crippen molar-refractivity contribution in [1.82, 2.24) is 0 Å². The Bertz CT molecular complexity index is 1970. The van der Waals surface area contributed by atoms with Gasteiger partial charge in [0.05, 0.1) is 10.1 Å². The summed E-state index contributed by atoms with van der Waals surface area (Å²) in [5.74, 6) is 0. The minimum absolute atomic E-state index is 0. The molecule has 9 heteroatoms. The van der Waals surface area contributed by atoms with Crippen LogP contribution in [0.15, 0.2) is 152 Å². The molecule has 0 saturated heterocycles. The van der Waals surface area contributed by atoms with Crippen LogP contribution < -0.4 is 31.0 Å². The van der Waals surface area contributed by atoms with Crippen LogP contribution in [-0.2, 0) is 30.5 Å². The molecule has 0 aliphatic carbocycles. The van der Waals surface area contributed by atoms with Gasteiger partial charge in [-0.25, -0.2) is 8.42 Å². The van der Waals surface area contributed by atoms with E-state index in [1.807, 2.05) is 37.4 Å². The summed E-state index contributed by atoms with van der Waals surface area (Å²) < 4.78 is 27.2. The summed E-state index contributed by atoms with van der Waals surface area (Å²) in [6, 6.07) is 56.8. The third kappa shape index (κ3) is 11.9. The Hall–Kier alpha value is -4.28. The Kier molecular flexibility index (Phi) is 16.1. The van der Waals surface area contributed by atoms with Crippen molar-refractivity contribution in [3.05, 3.63) is 158 Å². The van der Waals surface area contributed by atoms with E-state index in [1.54, 1.807) is 0 Å². The number of nitrogens with one attached hydrogen (secondary N) is 1. The first kappa shape index (κ1) is 41.1. The van der Waals surface area contributed by atoms with Crippen molar-refractivity contribution in [2.24, 2.45) is 0 Å². The first-order valence-electron chi connectivity index (χ1n) is 16.1. The second kappa shape index (κ2) is 19.9. The van der Waals surface area contributed by atoms with E-state index >= 15 is 0 Å². The van der Waals surface area contributed by atoms with Gasteiger partial charge in [-0.2, -0.15) is 0 Å². The Morgan fingerprint density at radius 3 is 1.53 bits per heavy atom. The third-order valence-electron chi connectivity index (χ3n) is 7.62. The maximum Gasteiger partial charge on any atom is 2.00 e. The van der Waals surface area contributed by atoms with E-state index in [4.69, 9.17) is 13.0 Å². The zero-order valence-corrected chi connectivity index (χ0v) is 33.0. The number of benzene rings is 6. The molecule has 0 aromatic heterocycles. The van der Waals surface area contributed by atoms with Gasteiger partial charge in [-0.3, -0.25) is 0 Å². The summed E-state index contributed by atoms with van der Waals surface area (Å²) in [5, 5.41) is 7.29. The van der Waals surface area contributed by atoms with Crippen LogP contribution >= 0.6 is 7.92 Å². The molecule has 1 N–H and O–H groups in total. The molecule has 0 heterocycles. The van der Waals surface area contributed by atoms with E-state index in [0.29, 0.717) is 6.26 Å². The van der Waals surface area contributed by atoms with Gasteiger partial charge in [0.1, 0.15) is 0 Å². The molecule has 0 amide bonds. The number of para-hydroxylation sites is 1. The molecule has 266 valence electrons. The number of hydrogen-bond donors (Lipinski definition) is 1. The van der Waals surface area contributed by atoms with Crippen LogP contribution in [0.5, 0.6) is 0 Å². The summed E-state index contributed by atoms with van der Waals surface area (Å²) in [5.41, 5.74) is 8.49. The largest absolute Gasteiger partial charge is 2.00 e. The standard InChI is InChI=1S/C28H29N2P.C13H12N.CH4O3S.Pd/c1-29(2)25-19-13-20-26(30(3)4)28(25)24-18-11-12-21-27(24)31(22-14-7-5-8-15-22)23-16-9-6-10-17-23;1-14-13-10-6-5-9-12(13)11-7-3-2-4-8-11;1-5(2,3)4;/h5-21H,1-4H3;2-7,9-10,14H,1H3;1H3,(H,2,3,4);/q;-1;;+2/p-1. The fourth-order valence-corrected chi connectivity index (χ4v) is 7.97. The van der Waals surface area contributed by atoms with Crippen molar-refractivity contribution in [2.45, 2.75) is 0 Å². The summed E-state index contributed by atoms with van der Waals surface area (Å²) >= 11 is 0. The van der Waals surface area contributed by atoms with Crippen LogP contribution in [0.2, 0.25) is 0 Å². The van der Waals surface area contributed by atoms with E-state index in [9.17, 15) is 0 Å². The number of nitrogens with zero attached hydrogens (tertiary/aromatic N) is 2. The molecule has 0 aliphatic rings. The van der Waals surface area contributed by atoms with E-state index < -0.39 is 18.0 Å². The van der Waals surface area contributed by atoms with Crippen molar-refractivity contribution < 1.29 is 33.4 Å². The molecule has 6 rings (SSSR count). The smallest absolute Gasteiger partial charge is 0.748 e. The Labute approximate surface area is 319 Å². The van der Waals surface area contributed by atoms with E-state index in [1.165, 1.54) is 44.0 Å². The Balaban J connectivity index is 0.000000290. The molecule has 6 aromatic carbocycles. The first-order chi connectivity index (χ1) is 24.0. The molecular weight excluding hydrogens is 764 g/mol. The van der Waals surface area contributed by atoms with Gasteiger partial charge in [0.15, 0.2) is 0 Å². The molecule has 0 spiro atoms. The van der Waals surface area contributed by atoms with Crippen LogP contribution in [0.1, 0.15) is 0 Å². The average Bonchev–Trinajstić information content (AvgIpc) is 3.12. The average molecular weight is 808 g/mol. The SMILES string of the molecule is CN(C)c1cccc(N(C)C)c1-c1ccccc1P(c1ccccc1)c1ccccc1.CNc1ccccc1-c1[c-]cccc1.CS(=O)(=O)[O-].[Pd+2]. The molecule has 0 unspecified atom stereocenters. The summed E-state index contributed by atoms with van der Waals surface area (Å²) in [6.45, 7) is 0. The second-order valence-corrected chi connectivity index (χ2v) is 15.4. The molecule has 0 saturated carbocycles. The van der Waals surface area contributed by atoms with Crippen LogP contribution in [0.25, 0.3) is 22.3 Å². The van der Waals surface area contributed by atoms with Gasteiger partial charge in [0.25, 0.3) is 0 Å². The molecule has 51 heavy (non-hydrogen) atoms. The van der Waals surface area contributed by atoms with Crippen LogP contribution in [0.3, 0.4) is 0 Å². The molecule has 0 bridgehead atoms. The van der Waals surface area contributed by atoms with Crippen molar-refractivity contribution in [2.75, 3.05) is 56.6 Å². The summed E-state index contributed by atoms with van der Waals surface area (Å²) in [7, 11) is 5.82. The molecule has 0 atom stereocenters. The van der Waals surface area contributed by atoms with Crippen molar-refractivity contribution in [1.29, 1.82) is 0 Å². The maximum atomic E-state index is 9.08. The van der Waals surface area contributed by atoms with E-state index in [2.05, 4.69) is 171 Å². The van der Waals surface area contributed by atoms with Gasteiger partial charge in [-0.05, 0) is 53.3 Å². The summed E-state index contributed by atoms with van der Waals surface area (Å²) in [6.07, 6.45) is 0.604. The van der Waals surface area contributed by atoms with Gasteiger partial charge >= 0.3 is 20.4 Å². The minimum Gasteiger partial charge on any atom is -0.748 e. The monoisotopic (exact) mass is 807 g/mol. The maximum absolute atomic E-state index is 9.08. The van der Waals surface area contributed by atoms with E-state index in [-0.39, 0.29) is 20.4 Å². The minimum atomic E-state index is -3.92. The predicted octanol–water partition coefficient (Wildman–Crippen LogP) is 7.60. The van der Waals surface area contributed by atoms with Crippen LogP contribution in [0.4, 0.5) is 17.1 Å². The third-order valence-corrected chi connectivity index (χ3v) is 10.1. The normalized spacial score (nSPS) is 10.4. The number of hydrogen-bond acceptors (Lipinski definition) is 6. The second-order valence-electron chi connectivity index (χ2n) is 11.8. The van der Waals surface area contributed by atoms with Crippen molar-refractivity contribution in [3.8, 4) is 22.3 Å². The Morgan fingerprint density at radius 1 is 0.608 bits per heavy atom. The molecule has 0 radical (unpaired) electrons. The van der Waals surface area contributed by atoms with Crippen LogP contribution in [-0.4, -0.2) is 54.5 Å². The van der Waals surface area contributed by atoms with Crippen LogP contribution in [0, 0.1) is 6.07 Å². The fourth-order valence-electron chi connectivity index (χ4n) is 5.51. The van der Waals surface area contributed by atoms with Gasteiger partial charge < -0.3 is 19.7 Å². The van der Waals surface area contributed by atoms with Gasteiger partial charge in [0, 0.05) is 58.4 Å². The fraction of sp³-hybridized carbons (Fsp3) is 0.143. The molecule has 6 nitrogen and oxygen atoms in total. The van der Waals surface area contributed by atoms with Gasteiger partial charge in [-0.1, -0.05) is 115 Å². The molecule has 0 aliphatic heterocycles. The number of rotatable bonds is 8. The van der Waals surface area contributed by atoms with Gasteiger partial charge in [0.2, 0.25) is 0 Å². The Morgan fingerprint density at radius 2 is 1.06 bits per heavy atom. The molecular formula is C42H44N3O3PPdS. The van der Waals surface area contributed by atoms with Gasteiger partial charge in [-0.15, -0.1) is 35.9 Å². The van der Waals surface area contributed by atoms with E-state index in [0.717, 1.165) is 11.3 Å². The number of anilines is 3. The molecule has 6 aromatic rings. The summed E-state index contributed by atoms with van der Waals surface area (Å²) in [4.78, 5) is 4.43. The zero-order chi connectivity index (χ0) is 36.1. The first-order valence-corrected chi connectivity index (χ1v) is 19.3. The molecule has 0 fully saturated rings. The zero-order valence-electron chi connectivity index (χ0n) is 29.7. The topological polar surface area (TPSA) is 75.7 Å². The van der Waals surface area contributed by atoms with Crippen molar-refractivity contribution >= 4 is 51.0 Å². The predicted molar refractivity (Wildman–Crippen MR) is 215 cm³/mol.